The number of aromatic nitrogens is 2. The smallest absolute Gasteiger partial charge is 0.257 e. The predicted molar refractivity (Wildman–Crippen MR) is 142 cm³/mol. The molecule has 36 heavy (non-hydrogen) atoms. The monoisotopic (exact) mass is 545 g/mol. The molecule has 1 saturated heterocycles. The number of benzene rings is 2. The van der Waals surface area contributed by atoms with Gasteiger partial charge in [0.2, 0.25) is 21.1 Å². The number of nitrogens with one attached hydrogen (secondary N) is 2. The second kappa shape index (κ2) is 11.5. The summed E-state index contributed by atoms with van der Waals surface area (Å²) in [7, 11) is -3.55. The second-order valence-electron chi connectivity index (χ2n) is 8.40. The maximum Gasteiger partial charge on any atom is 0.257 e. The lowest BCUT2D eigenvalue weighted by Gasteiger charge is -2.25. The molecule has 190 valence electrons. The van der Waals surface area contributed by atoms with Crippen LogP contribution in [-0.4, -0.2) is 53.6 Å². The van der Waals surface area contributed by atoms with Gasteiger partial charge in [0.05, 0.1) is 10.6 Å². The molecule has 0 radical (unpaired) electrons. The number of thioether (sulfide) groups is 1. The van der Waals surface area contributed by atoms with Crippen LogP contribution in [-0.2, 0) is 14.8 Å². The van der Waals surface area contributed by atoms with E-state index in [0.29, 0.717) is 28.1 Å². The third-order valence-electron chi connectivity index (χ3n) is 5.90. The first-order valence-corrected chi connectivity index (χ1v) is 14.7. The van der Waals surface area contributed by atoms with Crippen LogP contribution in [0.3, 0.4) is 0 Å². The summed E-state index contributed by atoms with van der Waals surface area (Å²) < 4.78 is 27.6. The van der Waals surface area contributed by atoms with Crippen LogP contribution in [0, 0.1) is 13.8 Å². The van der Waals surface area contributed by atoms with Crippen molar-refractivity contribution in [1.82, 2.24) is 14.5 Å². The number of nitrogens with zero attached hydrogens (tertiary/aromatic N) is 3. The van der Waals surface area contributed by atoms with Crippen molar-refractivity contribution >= 4 is 55.8 Å². The summed E-state index contributed by atoms with van der Waals surface area (Å²) in [5.74, 6) is -0.422. The zero-order valence-electron chi connectivity index (χ0n) is 20.0. The molecule has 1 aliphatic heterocycles. The molecule has 0 spiro atoms. The Morgan fingerprint density at radius 3 is 2.44 bits per heavy atom. The van der Waals surface area contributed by atoms with Gasteiger partial charge in [-0.2, -0.15) is 4.31 Å². The molecule has 0 atom stereocenters. The quantitative estimate of drug-likeness (QED) is 0.319. The number of rotatable bonds is 8. The summed E-state index contributed by atoms with van der Waals surface area (Å²) in [6.07, 6.45) is 2.76. The number of amides is 2. The Labute approximate surface area is 218 Å². The van der Waals surface area contributed by atoms with E-state index >= 15 is 0 Å². The Morgan fingerprint density at radius 2 is 1.72 bits per heavy atom. The SMILES string of the molecule is Cc1cccc(NC(=O)CSc2nnc(NC(=O)c3ccc(S(=O)(=O)N4CCCCC4)cc3)s2)c1C. The average molecular weight is 546 g/mol. The van der Waals surface area contributed by atoms with Crippen LogP contribution in [0.2, 0.25) is 0 Å². The molecule has 0 aliphatic carbocycles. The van der Waals surface area contributed by atoms with Crippen LogP contribution < -0.4 is 10.6 Å². The fourth-order valence-electron chi connectivity index (χ4n) is 3.72. The van der Waals surface area contributed by atoms with Crippen molar-refractivity contribution in [1.29, 1.82) is 0 Å². The molecule has 2 heterocycles. The molecule has 2 N–H and O–H groups in total. The number of carbonyl (C=O) groups is 2. The van der Waals surface area contributed by atoms with E-state index < -0.39 is 15.9 Å². The summed E-state index contributed by atoms with van der Waals surface area (Å²) in [6.45, 7) is 4.99. The van der Waals surface area contributed by atoms with E-state index in [2.05, 4.69) is 20.8 Å². The minimum atomic E-state index is -3.55. The van der Waals surface area contributed by atoms with E-state index in [9.17, 15) is 18.0 Å². The number of aryl methyl sites for hydroxylation is 1. The summed E-state index contributed by atoms with van der Waals surface area (Å²) in [5.41, 5.74) is 3.21. The Morgan fingerprint density at radius 1 is 1.00 bits per heavy atom. The fourth-order valence-corrected chi connectivity index (χ4v) is 6.78. The molecule has 2 amide bonds. The van der Waals surface area contributed by atoms with Crippen molar-refractivity contribution in [2.45, 2.75) is 42.3 Å². The average Bonchev–Trinajstić information content (AvgIpc) is 3.33. The van der Waals surface area contributed by atoms with Crippen molar-refractivity contribution in [2.75, 3.05) is 29.5 Å². The highest BCUT2D eigenvalue weighted by molar-refractivity contribution is 8.01. The first-order chi connectivity index (χ1) is 17.2. The summed E-state index contributed by atoms with van der Waals surface area (Å²) in [4.78, 5) is 25.1. The Balaban J connectivity index is 1.31. The largest absolute Gasteiger partial charge is 0.325 e. The Kier molecular flexibility index (Phi) is 8.39. The lowest BCUT2D eigenvalue weighted by atomic mass is 10.1. The van der Waals surface area contributed by atoms with Gasteiger partial charge in [0.1, 0.15) is 0 Å². The molecule has 12 heteroatoms. The van der Waals surface area contributed by atoms with Gasteiger partial charge in [0.15, 0.2) is 4.34 Å². The molecular weight excluding hydrogens is 518 g/mol. The van der Waals surface area contributed by atoms with Gasteiger partial charge in [-0.15, -0.1) is 10.2 Å². The van der Waals surface area contributed by atoms with Crippen LogP contribution in [0.15, 0.2) is 51.7 Å². The number of carbonyl (C=O) groups excluding carboxylic acids is 2. The minimum Gasteiger partial charge on any atom is -0.325 e. The molecule has 1 fully saturated rings. The zero-order chi connectivity index (χ0) is 25.7. The lowest BCUT2D eigenvalue weighted by molar-refractivity contribution is -0.113. The van der Waals surface area contributed by atoms with Crippen molar-refractivity contribution < 1.29 is 18.0 Å². The Hall–Kier alpha value is -2.80. The molecule has 9 nitrogen and oxygen atoms in total. The summed E-state index contributed by atoms with van der Waals surface area (Å²) >= 11 is 2.39. The van der Waals surface area contributed by atoms with E-state index in [1.54, 1.807) is 0 Å². The highest BCUT2D eigenvalue weighted by atomic mass is 32.2. The fraction of sp³-hybridized carbons (Fsp3) is 0.333. The van der Waals surface area contributed by atoms with Gasteiger partial charge in [0, 0.05) is 24.3 Å². The maximum absolute atomic E-state index is 12.8. The van der Waals surface area contributed by atoms with E-state index in [-0.39, 0.29) is 16.6 Å². The molecule has 4 rings (SSSR count). The molecule has 1 aliphatic rings. The number of piperidine rings is 1. The standard InChI is InChI=1S/C24H27N5O4S3/c1-16-7-6-8-20(17(16)2)25-21(30)15-34-24-28-27-23(35-24)26-22(31)18-9-11-19(12-10-18)36(32,33)29-13-4-3-5-14-29/h6-12H,3-5,13-15H2,1-2H3,(H,25,30)(H,26,27,31). The second-order valence-corrected chi connectivity index (χ2v) is 12.5. The van der Waals surface area contributed by atoms with Gasteiger partial charge in [-0.1, -0.05) is 41.7 Å². The maximum atomic E-state index is 12.8. The van der Waals surface area contributed by atoms with Gasteiger partial charge in [-0.3, -0.25) is 14.9 Å². The molecule has 0 saturated carbocycles. The Bertz CT molecular complexity index is 1350. The topological polar surface area (TPSA) is 121 Å². The van der Waals surface area contributed by atoms with E-state index in [0.717, 1.165) is 47.4 Å². The van der Waals surface area contributed by atoms with Crippen LogP contribution in [0.1, 0.15) is 40.7 Å². The number of sulfonamides is 1. The van der Waals surface area contributed by atoms with E-state index in [1.807, 2.05) is 32.0 Å². The first-order valence-electron chi connectivity index (χ1n) is 11.5. The van der Waals surface area contributed by atoms with Crippen LogP contribution in [0.4, 0.5) is 10.8 Å². The first kappa shape index (κ1) is 26.3. The molecular formula is C24H27N5O4S3. The van der Waals surface area contributed by atoms with Gasteiger partial charge in [0.25, 0.3) is 5.91 Å². The molecule has 1 aromatic heterocycles. The number of hydrogen-bond acceptors (Lipinski definition) is 8. The van der Waals surface area contributed by atoms with Gasteiger partial charge >= 0.3 is 0 Å². The van der Waals surface area contributed by atoms with Crippen molar-refractivity contribution in [2.24, 2.45) is 0 Å². The molecule has 0 unspecified atom stereocenters. The number of hydrogen-bond donors (Lipinski definition) is 2. The summed E-state index contributed by atoms with van der Waals surface area (Å²) in [6, 6.07) is 11.6. The predicted octanol–water partition coefficient (Wildman–Crippen LogP) is 4.31. The highest BCUT2D eigenvalue weighted by Gasteiger charge is 2.26. The molecule has 2 aromatic carbocycles. The van der Waals surface area contributed by atoms with Crippen molar-refractivity contribution in [3.63, 3.8) is 0 Å². The minimum absolute atomic E-state index is 0.156. The van der Waals surface area contributed by atoms with Gasteiger partial charge < -0.3 is 5.32 Å². The molecule has 3 aromatic rings. The molecule has 0 bridgehead atoms. The number of anilines is 2. The third-order valence-corrected chi connectivity index (χ3v) is 9.79. The third kappa shape index (κ3) is 6.30. The van der Waals surface area contributed by atoms with Crippen LogP contribution in [0.5, 0.6) is 0 Å². The zero-order valence-corrected chi connectivity index (χ0v) is 22.4. The van der Waals surface area contributed by atoms with E-state index in [1.165, 1.54) is 40.3 Å². The van der Waals surface area contributed by atoms with Gasteiger partial charge in [-0.25, -0.2) is 8.42 Å². The summed E-state index contributed by atoms with van der Waals surface area (Å²) in [5, 5.41) is 13.9. The van der Waals surface area contributed by atoms with E-state index in [4.69, 9.17) is 0 Å². The van der Waals surface area contributed by atoms with Crippen molar-refractivity contribution in [3.8, 4) is 0 Å². The van der Waals surface area contributed by atoms with Crippen LogP contribution in [0.25, 0.3) is 0 Å². The lowest BCUT2D eigenvalue weighted by Crippen LogP contribution is -2.35. The normalized spacial score (nSPS) is 14.4. The highest BCUT2D eigenvalue weighted by Crippen LogP contribution is 2.27. The van der Waals surface area contributed by atoms with Gasteiger partial charge in [-0.05, 0) is 68.1 Å². The van der Waals surface area contributed by atoms with Crippen molar-refractivity contribution in [3.05, 3.63) is 59.2 Å². The van der Waals surface area contributed by atoms with Crippen LogP contribution >= 0.6 is 23.1 Å².